The van der Waals surface area contributed by atoms with E-state index in [-0.39, 0.29) is 17.0 Å². The lowest BCUT2D eigenvalue weighted by Gasteiger charge is -2.29. The van der Waals surface area contributed by atoms with Gasteiger partial charge in [0.15, 0.2) is 6.10 Å². The standard InChI is InChI=1S/C15H19Cl2NO3/c1-9(21-13-8-4-5-10(16)14(13)17)15(20)18-11-6-2-3-7-12(11)19/h4-5,8-9,11-12,19H,2-3,6-7H2,1H3,(H,18,20). The molecule has 1 aromatic rings. The molecule has 0 aromatic heterocycles. The maximum Gasteiger partial charge on any atom is 0.261 e. The van der Waals surface area contributed by atoms with Gasteiger partial charge in [-0.25, -0.2) is 0 Å². The summed E-state index contributed by atoms with van der Waals surface area (Å²) in [6, 6.07) is 4.82. The van der Waals surface area contributed by atoms with Crippen molar-refractivity contribution in [3.8, 4) is 5.75 Å². The third-order valence-electron chi connectivity index (χ3n) is 3.65. The first-order chi connectivity index (χ1) is 9.99. The van der Waals surface area contributed by atoms with E-state index in [1.54, 1.807) is 25.1 Å². The van der Waals surface area contributed by atoms with Crippen molar-refractivity contribution < 1.29 is 14.6 Å². The number of carbonyl (C=O) groups excluding carboxylic acids is 1. The van der Waals surface area contributed by atoms with Crippen molar-refractivity contribution >= 4 is 29.1 Å². The molecule has 1 aliphatic rings. The fourth-order valence-electron chi connectivity index (χ4n) is 2.40. The number of halogens is 2. The molecule has 1 saturated carbocycles. The number of aliphatic hydroxyl groups excluding tert-OH is 1. The van der Waals surface area contributed by atoms with Crippen LogP contribution in [0.25, 0.3) is 0 Å². The Morgan fingerprint density at radius 2 is 2.10 bits per heavy atom. The quantitative estimate of drug-likeness (QED) is 0.890. The highest BCUT2D eigenvalue weighted by atomic mass is 35.5. The lowest BCUT2D eigenvalue weighted by Crippen LogP contribution is -2.49. The van der Waals surface area contributed by atoms with Crippen LogP contribution in [0.5, 0.6) is 5.75 Å². The Labute approximate surface area is 134 Å². The molecule has 21 heavy (non-hydrogen) atoms. The molecule has 1 fully saturated rings. The summed E-state index contributed by atoms with van der Waals surface area (Å²) in [5.74, 6) is 0.105. The SMILES string of the molecule is CC(Oc1cccc(Cl)c1Cl)C(=O)NC1CCCCC1O. The number of rotatable bonds is 4. The molecule has 4 nitrogen and oxygen atoms in total. The number of amides is 1. The van der Waals surface area contributed by atoms with Crippen molar-refractivity contribution in [2.75, 3.05) is 0 Å². The summed E-state index contributed by atoms with van der Waals surface area (Å²) in [6.45, 7) is 1.64. The molecule has 2 rings (SSSR count). The van der Waals surface area contributed by atoms with Crippen LogP contribution in [0.2, 0.25) is 10.0 Å². The van der Waals surface area contributed by atoms with Gasteiger partial charge in [0.2, 0.25) is 0 Å². The molecule has 1 aromatic carbocycles. The second kappa shape index (κ2) is 7.34. The highest BCUT2D eigenvalue weighted by molar-refractivity contribution is 6.42. The van der Waals surface area contributed by atoms with Crippen LogP contribution < -0.4 is 10.1 Å². The van der Waals surface area contributed by atoms with E-state index in [2.05, 4.69) is 5.32 Å². The molecule has 6 heteroatoms. The van der Waals surface area contributed by atoms with E-state index in [4.69, 9.17) is 27.9 Å². The average Bonchev–Trinajstić information content (AvgIpc) is 2.46. The van der Waals surface area contributed by atoms with Crippen LogP contribution in [0.4, 0.5) is 0 Å². The van der Waals surface area contributed by atoms with E-state index < -0.39 is 12.2 Å². The van der Waals surface area contributed by atoms with Crippen molar-refractivity contribution in [3.63, 3.8) is 0 Å². The average molecular weight is 332 g/mol. The first-order valence-corrected chi connectivity index (χ1v) is 7.83. The van der Waals surface area contributed by atoms with Gasteiger partial charge in [0.05, 0.1) is 17.2 Å². The number of aliphatic hydroxyl groups is 1. The summed E-state index contributed by atoms with van der Waals surface area (Å²) >= 11 is 11.9. The number of benzene rings is 1. The van der Waals surface area contributed by atoms with E-state index in [1.807, 2.05) is 0 Å². The zero-order valence-corrected chi connectivity index (χ0v) is 13.3. The summed E-state index contributed by atoms with van der Waals surface area (Å²) < 4.78 is 5.55. The van der Waals surface area contributed by atoms with E-state index in [1.165, 1.54) is 0 Å². The minimum absolute atomic E-state index is 0.202. The monoisotopic (exact) mass is 331 g/mol. The van der Waals surface area contributed by atoms with Gasteiger partial charge < -0.3 is 15.2 Å². The summed E-state index contributed by atoms with van der Waals surface area (Å²) in [7, 11) is 0. The molecule has 0 bridgehead atoms. The van der Waals surface area contributed by atoms with Gasteiger partial charge in [-0.05, 0) is 31.9 Å². The molecule has 3 unspecified atom stereocenters. The van der Waals surface area contributed by atoms with Crippen molar-refractivity contribution in [2.24, 2.45) is 0 Å². The number of ether oxygens (including phenoxy) is 1. The van der Waals surface area contributed by atoms with Gasteiger partial charge in [-0.3, -0.25) is 4.79 Å². The van der Waals surface area contributed by atoms with Crippen molar-refractivity contribution in [1.29, 1.82) is 0 Å². The maximum absolute atomic E-state index is 12.1. The summed E-state index contributed by atoms with van der Waals surface area (Å²) in [5.41, 5.74) is 0. The molecule has 0 spiro atoms. The van der Waals surface area contributed by atoms with Gasteiger partial charge in [0.1, 0.15) is 10.8 Å². The smallest absolute Gasteiger partial charge is 0.261 e. The number of nitrogens with one attached hydrogen (secondary N) is 1. The highest BCUT2D eigenvalue weighted by Crippen LogP contribution is 2.32. The van der Waals surface area contributed by atoms with Crippen LogP contribution in [-0.2, 0) is 4.79 Å². The third kappa shape index (κ3) is 4.25. The van der Waals surface area contributed by atoms with E-state index >= 15 is 0 Å². The van der Waals surface area contributed by atoms with Crippen LogP contribution in [0.1, 0.15) is 32.6 Å². The molecule has 1 amide bonds. The molecule has 0 radical (unpaired) electrons. The fraction of sp³-hybridized carbons (Fsp3) is 0.533. The van der Waals surface area contributed by atoms with Crippen molar-refractivity contribution in [2.45, 2.75) is 50.9 Å². The lowest BCUT2D eigenvalue weighted by atomic mass is 9.92. The molecular formula is C15H19Cl2NO3. The summed E-state index contributed by atoms with van der Waals surface area (Å²) in [6.07, 6.45) is 2.33. The van der Waals surface area contributed by atoms with Crippen LogP contribution in [0.15, 0.2) is 18.2 Å². The van der Waals surface area contributed by atoms with Crippen LogP contribution in [-0.4, -0.2) is 29.3 Å². The molecular weight excluding hydrogens is 313 g/mol. The van der Waals surface area contributed by atoms with Crippen molar-refractivity contribution in [3.05, 3.63) is 28.2 Å². The molecule has 2 N–H and O–H groups in total. The molecule has 0 saturated heterocycles. The number of hydrogen-bond acceptors (Lipinski definition) is 3. The first kappa shape index (κ1) is 16.4. The zero-order chi connectivity index (χ0) is 15.4. The summed E-state index contributed by atoms with van der Waals surface area (Å²) in [5, 5.41) is 13.4. The van der Waals surface area contributed by atoms with Gasteiger partial charge in [0, 0.05) is 0 Å². The van der Waals surface area contributed by atoms with E-state index in [0.717, 1.165) is 25.7 Å². The molecule has 1 aliphatic carbocycles. The van der Waals surface area contributed by atoms with Crippen LogP contribution >= 0.6 is 23.2 Å². The van der Waals surface area contributed by atoms with E-state index in [0.29, 0.717) is 10.8 Å². The minimum Gasteiger partial charge on any atom is -0.479 e. The predicted molar refractivity (Wildman–Crippen MR) is 83.0 cm³/mol. The van der Waals surface area contributed by atoms with Gasteiger partial charge >= 0.3 is 0 Å². The largest absolute Gasteiger partial charge is 0.479 e. The minimum atomic E-state index is -0.713. The Balaban J connectivity index is 1.94. The Kier molecular flexibility index (Phi) is 5.73. The second-order valence-corrected chi connectivity index (χ2v) is 6.06. The second-order valence-electron chi connectivity index (χ2n) is 5.28. The molecule has 0 heterocycles. The molecule has 0 aliphatic heterocycles. The first-order valence-electron chi connectivity index (χ1n) is 7.08. The van der Waals surface area contributed by atoms with Crippen molar-refractivity contribution in [1.82, 2.24) is 5.32 Å². The van der Waals surface area contributed by atoms with Gasteiger partial charge in [-0.15, -0.1) is 0 Å². The van der Waals surface area contributed by atoms with Gasteiger partial charge in [0.25, 0.3) is 5.91 Å². The van der Waals surface area contributed by atoms with Gasteiger partial charge in [-0.2, -0.15) is 0 Å². The third-order valence-corrected chi connectivity index (χ3v) is 4.45. The van der Waals surface area contributed by atoms with Crippen LogP contribution in [0.3, 0.4) is 0 Å². The number of carbonyl (C=O) groups is 1. The Morgan fingerprint density at radius 3 is 2.81 bits per heavy atom. The zero-order valence-electron chi connectivity index (χ0n) is 11.8. The Hall–Kier alpha value is -0.970. The maximum atomic E-state index is 12.1. The normalized spacial score (nSPS) is 23.4. The van der Waals surface area contributed by atoms with Crippen LogP contribution in [0, 0.1) is 0 Å². The number of hydrogen-bond donors (Lipinski definition) is 2. The predicted octanol–water partition coefficient (Wildman–Crippen LogP) is 3.18. The topological polar surface area (TPSA) is 58.6 Å². The molecule has 3 atom stereocenters. The van der Waals surface area contributed by atoms with E-state index in [9.17, 15) is 9.90 Å². The lowest BCUT2D eigenvalue weighted by molar-refractivity contribution is -0.129. The van der Waals surface area contributed by atoms with Gasteiger partial charge in [-0.1, -0.05) is 42.1 Å². The highest BCUT2D eigenvalue weighted by Gasteiger charge is 2.27. The summed E-state index contributed by atoms with van der Waals surface area (Å²) in [4.78, 5) is 12.1. The Bertz CT molecular complexity index is 510. The fourth-order valence-corrected chi connectivity index (χ4v) is 2.74. The Morgan fingerprint density at radius 1 is 1.38 bits per heavy atom. The molecule has 116 valence electrons.